The topological polar surface area (TPSA) is 82.0 Å². The van der Waals surface area contributed by atoms with Crippen molar-refractivity contribution in [2.45, 2.75) is 51.0 Å². The molecule has 0 radical (unpaired) electrons. The van der Waals surface area contributed by atoms with Gasteiger partial charge in [-0.05, 0) is 38.0 Å². The molecule has 0 amide bonds. The van der Waals surface area contributed by atoms with E-state index in [9.17, 15) is 8.42 Å². The highest BCUT2D eigenvalue weighted by atomic mass is 32.2. The molecule has 5 nitrogen and oxygen atoms in total. The third kappa shape index (κ3) is 5.04. The van der Waals surface area contributed by atoms with Gasteiger partial charge in [-0.15, -0.1) is 0 Å². The predicted octanol–water partition coefficient (Wildman–Crippen LogP) is 1.38. The Kier molecular flexibility index (Phi) is 5.82. The van der Waals surface area contributed by atoms with Gasteiger partial charge >= 0.3 is 0 Å². The van der Waals surface area contributed by atoms with E-state index in [2.05, 4.69) is 16.1 Å². The lowest BCUT2D eigenvalue weighted by atomic mass is 9.86. The molecule has 6 heteroatoms. The van der Waals surface area contributed by atoms with Crippen LogP contribution in [0.4, 0.5) is 0 Å². The van der Waals surface area contributed by atoms with Crippen LogP contribution in [0.5, 0.6) is 0 Å². The van der Waals surface area contributed by atoms with E-state index in [0.29, 0.717) is 25.0 Å². The van der Waals surface area contributed by atoms with Gasteiger partial charge in [0.2, 0.25) is 10.0 Å². The van der Waals surface area contributed by atoms with E-state index in [-0.39, 0.29) is 11.7 Å². The van der Waals surface area contributed by atoms with E-state index in [1.165, 1.54) is 6.42 Å². The van der Waals surface area contributed by atoms with Crippen molar-refractivity contribution in [3.63, 3.8) is 0 Å². The number of nitrogens with one attached hydrogen (secondary N) is 2. The van der Waals surface area contributed by atoms with Crippen molar-refractivity contribution in [3.05, 3.63) is 0 Å². The monoisotopic (exact) mass is 299 g/mol. The van der Waals surface area contributed by atoms with Gasteiger partial charge in [0, 0.05) is 25.0 Å². The highest BCUT2D eigenvalue weighted by Gasteiger charge is 2.22. The van der Waals surface area contributed by atoms with E-state index in [4.69, 9.17) is 5.26 Å². The Bertz CT molecular complexity index is 440. The molecule has 2 fully saturated rings. The van der Waals surface area contributed by atoms with Gasteiger partial charge in [-0.1, -0.05) is 12.8 Å². The molecule has 0 aromatic carbocycles. The largest absolute Gasteiger partial charge is 0.313 e. The predicted molar refractivity (Wildman–Crippen MR) is 78.5 cm³/mol. The van der Waals surface area contributed by atoms with Crippen molar-refractivity contribution in [3.8, 4) is 6.07 Å². The molecule has 2 N–H and O–H groups in total. The van der Waals surface area contributed by atoms with Crippen molar-refractivity contribution in [2.24, 2.45) is 11.8 Å². The molecule has 0 spiro atoms. The Labute approximate surface area is 122 Å². The van der Waals surface area contributed by atoms with Crippen molar-refractivity contribution in [1.82, 2.24) is 10.0 Å². The summed E-state index contributed by atoms with van der Waals surface area (Å²) in [4.78, 5) is 0. The van der Waals surface area contributed by atoms with Crippen LogP contribution in [0.1, 0.15) is 44.9 Å². The van der Waals surface area contributed by atoms with Gasteiger partial charge in [-0.2, -0.15) is 5.26 Å². The van der Waals surface area contributed by atoms with Gasteiger partial charge in [0.15, 0.2) is 0 Å². The van der Waals surface area contributed by atoms with E-state index in [1.54, 1.807) is 0 Å². The normalized spacial score (nSPS) is 27.8. The number of hydrogen-bond donors (Lipinski definition) is 2. The molecule has 0 heterocycles. The van der Waals surface area contributed by atoms with Crippen molar-refractivity contribution < 1.29 is 8.42 Å². The molecule has 0 aromatic heterocycles. The zero-order valence-corrected chi connectivity index (χ0v) is 12.8. The summed E-state index contributed by atoms with van der Waals surface area (Å²) in [6.45, 7) is 1.07. The van der Waals surface area contributed by atoms with Crippen LogP contribution in [0.25, 0.3) is 0 Å². The first kappa shape index (κ1) is 15.7. The first-order valence-corrected chi connectivity index (χ1v) is 9.34. The quantitative estimate of drug-likeness (QED) is 0.744. The second-order valence-electron chi connectivity index (χ2n) is 6.11. The Hall–Kier alpha value is -0.640. The lowest BCUT2D eigenvalue weighted by Gasteiger charge is -2.27. The minimum Gasteiger partial charge on any atom is -0.313 e. The molecule has 0 bridgehead atoms. The van der Waals surface area contributed by atoms with Crippen LogP contribution >= 0.6 is 0 Å². The van der Waals surface area contributed by atoms with Crippen molar-refractivity contribution >= 4 is 10.0 Å². The fraction of sp³-hybridized carbons (Fsp3) is 0.929. The highest BCUT2D eigenvalue weighted by molar-refractivity contribution is 7.89. The summed E-state index contributed by atoms with van der Waals surface area (Å²) in [6.07, 6.45) is 7.48. The SMILES string of the molecule is N#C[C@@H]1CCC[C@H](NCCS(=O)(=O)NCC2CCC2)C1. The fourth-order valence-electron chi connectivity index (χ4n) is 2.90. The maximum absolute atomic E-state index is 11.8. The van der Waals surface area contributed by atoms with Crippen LogP contribution in [-0.2, 0) is 10.0 Å². The summed E-state index contributed by atoms with van der Waals surface area (Å²) in [5.74, 6) is 0.815. The van der Waals surface area contributed by atoms with Gasteiger partial charge in [0.25, 0.3) is 0 Å². The van der Waals surface area contributed by atoms with E-state index >= 15 is 0 Å². The zero-order chi connectivity index (χ0) is 14.4. The summed E-state index contributed by atoms with van der Waals surface area (Å²) in [6, 6.07) is 2.62. The number of sulfonamides is 1. The number of nitriles is 1. The zero-order valence-electron chi connectivity index (χ0n) is 12.0. The third-order valence-corrected chi connectivity index (χ3v) is 5.83. The molecule has 2 aliphatic rings. The summed E-state index contributed by atoms with van der Waals surface area (Å²) in [5.41, 5.74) is 0. The number of hydrogen-bond acceptors (Lipinski definition) is 4. The van der Waals surface area contributed by atoms with E-state index in [0.717, 1.165) is 38.5 Å². The second-order valence-corrected chi connectivity index (χ2v) is 8.03. The summed E-state index contributed by atoms with van der Waals surface area (Å²) in [5, 5.41) is 12.2. The Balaban J connectivity index is 1.62. The third-order valence-electron chi connectivity index (χ3n) is 4.48. The average molecular weight is 299 g/mol. The Morgan fingerprint density at radius 3 is 2.55 bits per heavy atom. The van der Waals surface area contributed by atoms with Crippen molar-refractivity contribution in [1.29, 1.82) is 5.26 Å². The first-order chi connectivity index (χ1) is 9.59. The maximum Gasteiger partial charge on any atom is 0.212 e. The molecule has 0 aliphatic heterocycles. The standard InChI is InChI=1S/C14H25N3O2S/c15-10-13-5-2-6-14(9-13)16-7-8-20(18,19)17-11-12-3-1-4-12/h12-14,16-17H,1-9,11H2/t13-,14+/m1/s1. The van der Waals surface area contributed by atoms with E-state index < -0.39 is 10.0 Å². The first-order valence-electron chi connectivity index (χ1n) is 7.69. The lowest BCUT2D eigenvalue weighted by Crippen LogP contribution is -2.40. The molecule has 20 heavy (non-hydrogen) atoms. The van der Waals surface area contributed by atoms with Crippen LogP contribution < -0.4 is 10.0 Å². The van der Waals surface area contributed by atoms with Gasteiger partial charge < -0.3 is 5.32 Å². The second kappa shape index (κ2) is 7.39. The van der Waals surface area contributed by atoms with Crippen LogP contribution in [0.2, 0.25) is 0 Å². The summed E-state index contributed by atoms with van der Waals surface area (Å²) >= 11 is 0. The molecule has 0 aromatic rings. The number of rotatable bonds is 7. The molecule has 2 aliphatic carbocycles. The molecule has 2 saturated carbocycles. The van der Waals surface area contributed by atoms with E-state index in [1.807, 2.05) is 0 Å². The van der Waals surface area contributed by atoms with Gasteiger partial charge in [0.05, 0.1) is 11.8 Å². The minimum absolute atomic E-state index is 0.132. The maximum atomic E-state index is 11.8. The van der Waals surface area contributed by atoms with Crippen LogP contribution in [-0.4, -0.2) is 33.3 Å². The number of nitrogens with zero attached hydrogens (tertiary/aromatic N) is 1. The van der Waals surface area contributed by atoms with Crippen LogP contribution in [0.15, 0.2) is 0 Å². The van der Waals surface area contributed by atoms with Gasteiger partial charge in [-0.3, -0.25) is 0 Å². The van der Waals surface area contributed by atoms with Crippen LogP contribution in [0, 0.1) is 23.2 Å². The smallest absolute Gasteiger partial charge is 0.212 e. The Morgan fingerprint density at radius 1 is 1.15 bits per heavy atom. The summed E-state index contributed by atoms with van der Waals surface area (Å²) in [7, 11) is -3.15. The van der Waals surface area contributed by atoms with Gasteiger partial charge in [-0.25, -0.2) is 13.1 Å². The molecule has 114 valence electrons. The molecule has 2 rings (SSSR count). The fourth-order valence-corrected chi connectivity index (χ4v) is 3.92. The van der Waals surface area contributed by atoms with Crippen molar-refractivity contribution in [2.75, 3.05) is 18.8 Å². The summed E-state index contributed by atoms with van der Waals surface area (Å²) < 4.78 is 26.4. The van der Waals surface area contributed by atoms with Gasteiger partial charge in [0.1, 0.15) is 0 Å². The minimum atomic E-state index is -3.15. The molecular weight excluding hydrogens is 274 g/mol. The molecule has 2 atom stereocenters. The van der Waals surface area contributed by atoms with Crippen LogP contribution in [0.3, 0.4) is 0 Å². The molecular formula is C14H25N3O2S. The molecule has 0 unspecified atom stereocenters. The Morgan fingerprint density at radius 2 is 1.90 bits per heavy atom. The average Bonchev–Trinajstić information content (AvgIpc) is 2.37. The highest BCUT2D eigenvalue weighted by Crippen LogP contribution is 2.25. The lowest BCUT2D eigenvalue weighted by molar-refractivity contribution is 0.316. The molecule has 0 saturated heterocycles.